The number of halogens is 1. The number of hydrogen-bond donors (Lipinski definition) is 0. The predicted molar refractivity (Wildman–Crippen MR) is 160 cm³/mol. The van der Waals surface area contributed by atoms with E-state index in [9.17, 15) is 9.18 Å². The molecule has 0 N–H and O–H groups in total. The molecule has 226 valence electrons. The Balaban J connectivity index is 0.986. The largest absolute Gasteiger partial charge is 0.338 e. The van der Waals surface area contributed by atoms with Crippen LogP contribution in [-0.4, -0.2) is 38.0 Å². The fourth-order valence-electron chi connectivity index (χ4n) is 9.37. The molecule has 2 heterocycles. The van der Waals surface area contributed by atoms with E-state index in [1.54, 1.807) is 0 Å². The molecule has 2 aromatic heterocycles. The van der Waals surface area contributed by atoms with Crippen LogP contribution in [0.2, 0.25) is 0 Å². The van der Waals surface area contributed by atoms with Crippen LogP contribution in [0.25, 0.3) is 11.4 Å². The Bertz CT molecular complexity index is 1590. The van der Waals surface area contributed by atoms with E-state index in [2.05, 4.69) is 35.9 Å². The predicted octanol–water partition coefficient (Wildman–Crippen LogP) is 7.31. The second kappa shape index (κ2) is 8.57. The highest BCUT2D eigenvalue weighted by atomic mass is 19.1. The summed E-state index contributed by atoms with van der Waals surface area (Å²) in [7, 11) is 2.13. The van der Waals surface area contributed by atoms with Gasteiger partial charge in [-0.05, 0) is 112 Å². The Morgan fingerprint density at radius 2 is 1.74 bits per heavy atom. The van der Waals surface area contributed by atoms with Crippen molar-refractivity contribution >= 4 is 11.6 Å². The van der Waals surface area contributed by atoms with E-state index in [-0.39, 0.29) is 27.6 Å². The van der Waals surface area contributed by atoms with Crippen LogP contribution in [0.3, 0.4) is 0 Å². The van der Waals surface area contributed by atoms with Crippen molar-refractivity contribution in [1.82, 2.24) is 19.9 Å². The van der Waals surface area contributed by atoms with Crippen molar-refractivity contribution in [3.63, 3.8) is 0 Å². The van der Waals surface area contributed by atoms with Crippen molar-refractivity contribution in [1.29, 1.82) is 0 Å². The maximum atomic E-state index is 14.4. The van der Waals surface area contributed by atoms with Gasteiger partial charge in [-0.2, -0.15) is 10.1 Å². The highest BCUT2D eigenvalue weighted by Gasteiger charge is 2.69. The zero-order valence-corrected chi connectivity index (χ0v) is 25.5. The van der Waals surface area contributed by atoms with Crippen LogP contribution in [-0.2, 0) is 22.7 Å². The van der Waals surface area contributed by atoms with Crippen molar-refractivity contribution in [2.75, 3.05) is 11.4 Å². The first kappa shape index (κ1) is 26.4. The molecule has 0 spiro atoms. The number of fused-ring (bicyclic) bond motifs is 3. The quantitative estimate of drug-likeness (QED) is 0.264. The second-order valence-corrected chi connectivity index (χ2v) is 16.0. The molecule has 8 fully saturated rings. The molecule has 0 aliphatic heterocycles. The van der Waals surface area contributed by atoms with Crippen LogP contribution in [0.15, 0.2) is 34.9 Å². The summed E-state index contributed by atoms with van der Waals surface area (Å²) in [5.41, 5.74) is 3.66. The maximum Gasteiger partial charge on any atom is 0.232 e. The molecule has 7 nitrogen and oxygen atoms in total. The Kier molecular flexibility index (Phi) is 5.26. The molecule has 8 heteroatoms. The Morgan fingerprint density at radius 3 is 2.40 bits per heavy atom. The zero-order chi connectivity index (χ0) is 29.2. The molecule has 0 unspecified atom stereocenters. The third-order valence-corrected chi connectivity index (χ3v) is 12.6. The molecule has 4 bridgehead atoms. The number of aromatic nitrogens is 4. The first-order valence-corrected chi connectivity index (χ1v) is 16.6. The van der Waals surface area contributed by atoms with Crippen molar-refractivity contribution in [3.8, 4) is 11.4 Å². The van der Waals surface area contributed by atoms with Gasteiger partial charge in [0.2, 0.25) is 17.6 Å². The summed E-state index contributed by atoms with van der Waals surface area (Å²) in [5.74, 6) is 2.09. The van der Waals surface area contributed by atoms with Crippen LogP contribution in [0.4, 0.5) is 10.1 Å². The lowest BCUT2D eigenvalue weighted by molar-refractivity contribution is -0.215. The number of amides is 1. The van der Waals surface area contributed by atoms with Crippen molar-refractivity contribution in [3.05, 3.63) is 47.6 Å². The lowest BCUT2D eigenvalue weighted by Crippen LogP contribution is -2.65. The fourth-order valence-corrected chi connectivity index (χ4v) is 9.37. The molecule has 0 atom stereocenters. The number of nitrogens with zero attached hydrogens (tertiary/aromatic N) is 5. The highest BCUT2D eigenvalue weighted by molar-refractivity contribution is 5.94. The molecule has 0 radical (unpaired) electrons. The van der Waals surface area contributed by atoms with Gasteiger partial charge in [0.05, 0.1) is 5.69 Å². The first-order valence-electron chi connectivity index (χ1n) is 16.6. The molecule has 8 saturated carbocycles. The summed E-state index contributed by atoms with van der Waals surface area (Å²) in [4.78, 5) is 20.9. The molecule has 8 aliphatic rings. The molecule has 43 heavy (non-hydrogen) atoms. The number of aryl methyl sites for hydroxylation is 1. The van der Waals surface area contributed by atoms with Crippen molar-refractivity contribution in [2.24, 2.45) is 17.9 Å². The van der Waals surface area contributed by atoms with E-state index in [0.29, 0.717) is 43.3 Å². The summed E-state index contributed by atoms with van der Waals surface area (Å²) in [6.45, 7) is 2.88. The number of anilines is 1. The second-order valence-electron chi connectivity index (χ2n) is 16.0. The summed E-state index contributed by atoms with van der Waals surface area (Å²) in [5, 5.41) is 9.22. The Morgan fingerprint density at radius 1 is 1.02 bits per heavy atom. The summed E-state index contributed by atoms with van der Waals surface area (Å²) >= 11 is 0. The van der Waals surface area contributed by atoms with E-state index in [1.807, 2.05) is 23.1 Å². The topological polar surface area (TPSA) is 77.0 Å². The van der Waals surface area contributed by atoms with Gasteiger partial charge in [0.1, 0.15) is 5.67 Å². The minimum absolute atomic E-state index is 0.00659. The van der Waals surface area contributed by atoms with Gasteiger partial charge in [-0.25, -0.2) is 4.39 Å². The number of benzene rings is 1. The number of rotatable bonds is 9. The van der Waals surface area contributed by atoms with Gasteiger partial charge in [-0.3, -0.25) is 9.48 Å². The molecular formula is C35H42FN5O2. The average Bonchev–Trinajstić information content (AvgIpc) is 3.88. The van der Waals surface area contributed by atoms with Gasteiger partial charge in [0, 0.05) is 53.7 Å². The van der Waals surface area contributed by atoms with Crippen LogP contribution in [0.1, 0.15) is 120 Å². The van der Waals surface area contributed by atoms with Gasteiger partial charge in [0.25, 0.3) is 0 Å². The minimum Gasteiger partial charge on any atom is -0.338 e. The third kappa shape index (κ3) is 4.17. The lowest BCUT2D eigenvalue weighted by atomic mass is 9.41. The van der Waals surface area contributed by atoms with E-state index in [1.165, 1.54) is 24.2 Å². The Labute approximate surface area is 252 Å². The van der Waals surface area contributed by atoms with E-state index in [4.69, 9.17) is 14.6 Å². The van der Waals surface area contributed by atoms with Crippen molar-refractivity contribution in [2.45, 2.75) is 119 Å². The Hall–Kier alpha value is -3.03. The fraction of sp³-hybridized carbons (Fsp3) is 0.657. The van der Waals surface area contributed by atoms with Gasteiger partial charge in [-0.15, -0.1) is 0 Å². The average molecular weight is 584 g/mol. The number of carbonyl (C=O) groups excluding carboxylic acids is 1. The van der Waals surface area contributed by atoms with E-state index >= 15 is 0 Å². The molecule has 3 aromatic rings. The van der Waals surface area contributed by atoms with Gasteiger partial charge in [-0.1, -0.05) is 24.2 Å². The zero-order valence-electron chi connectivity index (χ0n) is 25.5. The SMILES string of the molecule is Cn1nc(C2CC2)cc1C12CCC(CN(C(=O)CC34CC(F)(C3)C4)c3cccc(-c4noc(C5(C)CC5)n4)c3)(CC1)CC2. The summed E-state index contributed by atoms with van der Waals surface area (Å²) < 4.78 is 22.2. The van der Waals surface area contributed by atoms with Crippen LogP contribution in [0.5, 0.6) is 0 Å². The summed E-state index contributed by atoms with van der Waals surface area (Å²) in [6, 6.07) is 10.5. The van der Waals surface area contributed by atoms with Crippen LogP contribution < -0.4 is 4.90 Å². The molecule has 11 rings (SSSR count). The normalized spacial score (nSPS) is 34.9. The van der Waals surface area contributed by atoms with Gasteiger partial charge in [0.15, 0.2) is 0 Å². The van der Waals surface area contributed by atoms with Crippen LogP contribution in [0, 0.1) is 10.8 Å². The first-order chi connectivity index (χ1) is 20.6. The molecule has 1 aromatic carbocycles. The number of alkyl halides is 1. The van der Waals surface area contributed by atoms with Crippen molar-refractivity contribution < 1.29 is 13.7 Å². The molecule has 1 amide bonds. The number of carbonyl (C=O) groups is 1. The standard InChI is InChI=1S/C35H42FN5O2/c1-31(8-9-31)30-37-29(39-43-30)24-4-3-5-25(16-24)41(28(42)18-33-19-35(36,20-33)21-33)22-32-10-13-34(14-11-32,15-12-32)27-17-26(23-6-7-23)38-40(27)2/h3-5,16-17,23H,6-15,18-22H2,1-2H3. The maximum absolute atomic E-state index is 14.4. The van der Waals surface area contributed by atoms with Crippen LogP contribution >= 0.6 is 0 Å². The summed E-state index contributed by atoms with van der Waals surface area (Å²) in [6.07, 6.45) is 13.6. The van der Waals surface area contributed by atoms with Gasteiger partial charge < -0.3 is 9.42 Å². The monoisotopic (exact) mass is 583 g/mol. The molecular weight excluding hydrogens is 541 g/mol. The smallest absolute Gasteiger partial charge is 0.232 e. The minimum atomic E-state index is -1.00. The number of hydrogen-bond acceptors (Lipinski definition) is 5. The highest BCUT2D eigenvalue weighted by Crippen LogP contribution is 2.71. The molecule has 8 aliphatic carbocycles. The van der Waals surface area contributed by atoms with Gasteiger partial charge >= 0.3 is 0 Å². The third-order valence-electron chi connectivity index (χ3n) is 12.6. The lowest BCUT2D eigenvalue weighted by Gasteiger charge is -2.66. The van der Waals surface area contributed by atoms with E-state index in [0.717, 1.165) is 69.2 Å². The van der Waals surface area contributed by atoms with E-state index < -0.39 is 5.67 Å². The molecule has 0 saturated heterocycles.